The number of nitrogens with two attached hydrogens (primary N) is 1. The van der Waals surface area contributed by atoms with Gasteiger partial charge in [-0.3, -0.25) is 4.90 Å². The van der Waals surface area contributed by atoms with Crippen LogP contribution in [0.25, 0.3) is 10.1 Å². The molecule has 1 aliphatic rings. The zero-order valence-corrected chi connectivity index (χ0v) is 13.4. The molecule has 3 rings (SSSR count). The molecule has 0 aliphatic carbocycles. The van der Waals surface area contributed by atoms with Gasteiger partial charge in [0.05, 0.1) is 5.02 Å². The van der Waals surface area contributed by atoms with Crippen molar-refractivity contribution in [2.75, 3.05) is 13.1 Å². The van der Waals surface area contributed by atoms with Crippen LogP contribution in [0.2, 0.25) is 5.02 Å². The summed E-state index contributed by atoms with van der Waals surface area (Å²) in [5, 5.41) is 2.14. The van der Waals surface area contributed by atoms with E-state index in [-0.39, 0.29) is 0 Å². The average molecular weight is 309 g/mol. The predicted molar refractivity (Wildman–Crippen MR) is 88.5 cm³/mol. The summed E-state index contributed by atoms with van der Waals surface area (Å²) >= 11 is 8.35. The fourth-order valence-electron chi connectivity index (χ4n) is 3.01. The van der Waals surface area contributed by atoms with E-state index in [9.17, 15) is 0 Å². The number of halogens is 1. The molecular formula is C16H21ClN2S. The molecule has 2 heterocycles. The molecular weight excluding hydrogens is 288 g/mol. The van der Waals surface area contributed by atoms with Gasteiger partial charge in [-0.1, -0.05) is 29.8 Å². The largest absolute Gasteiger partial charge is 0.328 e. The SMILES string of the molecule is CC(N)C1CCN(Cc2sc3ccccc3c2Cl)CC1. The number of nitrogens with zero attached hydrogens (tertiary/aromatic N) is 1. The molecule has 1 unspecified atom stereocenters. The van der Waals surface area contributed by atoms with Crippen LogP contribution in [-0.2, 0) is 6.54 Å². The molecule has 1 aliphatic heterocycles. The Kier molecular flexibility index (Phi) is 4.32. The van der Waals surface area contributed by atoms with Crippen molar-refractivity contribution >= 4 is 33.0 Å². The summed E-state index contributed by atoms with van der Waals surface area (Å²) in [5.74, 6) is 0.684. The third kappa shape index (κ3) is 2.86. The Bertz CT molecular complexity index is 585. The number of piperidine rings is 1. The first kappa shape index (κ1) is 14.3. The van der Waals surface area contributed by atoms with E-state index in [1.165, 1.54) is 27.8 Å². The molecule has 2 N–H and O–H groups in total. The molecule has 0 amide bonds. The van der Waals surface area contributed by atoms with Gasteiger partial charge in [0.2, 0.25) is 0 Å². The lowest BCUT2D eigenvalue weighted by molar-refractivity contribution is 0.167. The van der Waals surface area contributed by atoms with E-state index in [2.05, 4.69) is 36.1 Å². The number of thiophene rings is 1. The highest BCUT2D eigenvalue weighted by Gasteiger charge is 2.23. The Balaban J connectivity index is 1.70. The summed E-state index contributed by atoms with van der Waals surface area (Å²) < 4.78 is 1.29. The molecule has 1 aromatic heterocycles. The lowest BCUT2D eigenvalue weighted by atomic mass is 9.91. The maximum absolute atomic E-state index is 6.52. The standard InChI is InChI=1S/C16H21ClN2S/c1-11(18)12-6-8-19(9-7-12)10-15-16(17)13-4-2-3-5-14(13)20-15/h2-5,11-12H,6-10,18H2,1H3. The van der Waals surface area contributed by atoms with E-state index in [0.29, 0.717) is 12.0 Å². The third-order valence-corrected chi connectivity index (χ3v) is 6.04. The maximum Gasteiger partial charge on any atom is 0.0637 e. The molecule has 1 atom stereocenters. The van der Waals surface area contributed by atoms with Gasteiger partial charge in [0.15, 0.2) is 0 Å². The van der Waals surface area contributed by atoms with Crippen molar-refractivity contribution in [2.24, 2.45) is 11.7 Å². The summed E-state index contributed by atoms with van der Waals surface area (Å²) in [6.07, 6.45) is 2.42. The van der Waals surface area contributed by atoms with Gasteiger partial charge in [0, 0.05) is 27.5 Å². The molecule has 108 valence electrons. The first-order valence-electron chi connectivity index (χ1n) is 7.29. The van der Waals surface area contributed by atoms with Crippen LogP contribution in [0.15, 0.2) is 24.3 Å². The molecule has 1 aromatic carbocycles. The molecule has 1 fully saturated rings. The van der Waals surface area contributed by atoms with Crippen LogP contribution in [-0.4, -0.2) is 24.0 Å². The van der Waals surface area contributed by atoms with Crippen molar-refractivity contribution in [1.82, 2.24) is 4.90 Å². The lowest BCUT2D eigenvalue weighted by Crippen LogP contribution is -2.39. The maximum atomic E-state index is 6.52. The van der Waals surface area contributed by atoms with Crippen LogP contribution in [0.5, 0.6) is 0 Å². The smallest absolute Gasteiger partial charge is 0.0637 e. The van der Waals surface area contributed by atoms with E-state index < -0.39 is 0 Å². The fourth-order valence-corrected chi connectivity index (χ4v) is 4.54. The number of likely N-dealkylation sites (tertiary alicyclic amines) is 1. The minimum Gasteiger partial charge on any atom is -0.328 e. The lowest BCUT2D eigenvalue weighted by Gasteiger charge is -2.33. The van der Waals surface area contributed by atoms with E-state index >= 15 is 0 Å². The number of benzene rings is 1. The Hall–Kier alpha value is -0.610. The Morgan fingerprint density at radius 1 is 1.35 bits per heavy atom. The molecule has 2 aromatic rings. The molecule has 0 bridgehead atoms. The Morgan fingerprint density at radius 2 is 2.05 bits per heavy atom. The number of hydrogen-bond acceptors (Lipinski definition) is 3. The van der Waals surface area contributed by atoms with E-state index in [1.807, 2.05) is 11.3 Å². The summed E-state index contributed by atoms with van der Waals surface area (Å²) in [6, 6.07) is 8.72. The molecule has 0 radical (unpaired) electrons. The minimum absolute atomic E-state index is 0.324. The van der Waals surface area contributed by atoms with Crippen LogP contribution in [0.4, 0.5) is 0 Å². The molecule has 0 saturated carbocycles. The van der Waals surface area contributed by atoms with Crippen LogP contribution < -0.4 is 5.73 Å². The highest BCUT2D eigenvalue weighted by molar-refractivity contribution is 7.19. The quantitative estimate of drug-likeness (QED) is 0.924. The Labute approximate surface area is 129 Å². The third-order valence-electron chi connectivity index (χ3n) is 4.34. The van der Waals surface area contributed by atoms with Gasteiger partial charge in [0.25, 0.3) is 0 Å². The first-order chi connectivity index (χ1) is 9.65. The average Bonchev–Trinajstić information content (AvgIpc) is 2.77. The highest BCUT2D eigenvalue weighted by atomic mass is 35.5. The predicted octanol–water partition coefficient (Wildman–Crippen LogP) is 4.11. The van der Waals surface area contributed by atoms with E-state index in [0.717, 1.165) is 24.7 Å². The van der Waals surface area contributed by atoms with Crippen molar-refractivity contribution in [2.45, 2.75) is 32.4 Å². The Morgan fingerprint density at radius 3 is 2.70 bits per heavy atom. The summed E-state index contributed by atoms with van der Waals surface area (Å²) in [7, 11) is 0. The topological polar surface area (TPSA) is 29.3 Å². The minimum atomic E-state index is 0.324. The van der Waals surface area contributed by atoms with Crippen LogP contribution in [0.3, 0.4) is 0 Å². The molecule has 2 nitrogen and oxygen atoms in total. The fraction of sp³-hybridized carbons (Fsp3) is 0.500. The van der Waals surface area contributed by atoms with Gasteiger partial charge in [-0.05, 0) is 44.8 Å². The normalized spacial score (nSPS) is 19.6. The van der Waals surface area contributed by atoms with Crippen LogP contribution in [0.1, 0.15) is 24.6 Å². The first-order valence-corrected chi connectivity index (χ1v) is 8.48. The van der Waals surface area contributed by atoms with Crippen LogP contribution >= 0.6 is 22.9 Å². The van der Waals surface area contributed by atoms with Crippen molar-refractivity contribution in [3.8, 4) is 0 Å². The van der Waals surface area contributed by atoms with Gasteiger partial charge >= 0.3 is 0 Å². The number of fused-ring (bicyclic) bond motifs is 1. The second kappa shape index (κ2) is 6.02. The van der Waals surface area contributed by atoms with Crippen LogP contribution in [0, 0.1) is 5.92 Å². The zero-order valence-electron chi connectivity index (χ0n) is 11.8. The molecule has 20 heavy (non-hydrogen) atoms. The van der Waals surface area contributed by atoms with E-state index in [4.69, 9.17) is 17.3 Å². The summed E-state index contributed by atoms with van der Waals surface area (Å²) in [6.45, 7) is 5.38. The van der Waals surface area contributed by atoms with Crippen molar-refractivity contribution in [3.05, 3.63) is 34.2 Å². The summed E-state index contributed by atoms with van der Waals surface area (Å²) in [5.41, 5.74) is 6.00. The van der Waals surface area contributed by atoms with Gasteiger partial charge in [-0.25, -0.2) is 0 Å². The second-order valence-electron chi connectivity index (χ2n) is 5.81. The second-order valence-corrected chi connectivity index (χ2v) is 7.32. The van der Waals surface area contributed by atoms with Gasteiger partial charge < -0.3 is 5.73 Å². The van der Waals surface area contributed by atoms with Gasteiger partial charge in [-0.15, -0.1) is 11.3 Å². The molecule has 4 heteroatoms. The number of rotatable bonds is 3. The van der Waals surface area contributed by atoms with Gasteiger partial charge in [-0.2, -0.15) is 0 Å². The van der Waals surface area contributed by atoms with Crippen molar-refractivity contribution < 1.29 is 0 Å². The van der Waals surface area contributed by atoms with Gasteiger partial charge in [0.1, 0.15) is 0 Å². The number of hydrogen-bond donors (Lipinski definition) is 1. The highest BCUT2D eigenvalue weighted by Crippen LogP contribution is 2.36. The van der Waals surface area contributed by atoms with Crippen molar-refractivity contribution in [1.29, 1.82) is 0 Å². The van der Waals surface area contributed by atoms with Crippen molar-refractivity contribution in [3.63, 3.8) is 0 Å². The molecule has 1 saturated heterocycles. The van der Waals surface area contributed by atoms with E-state index in [1.54, 1.807) is 0 Å². The zero-order chi connectivity index (χ0) is 14.1. The monoisotopic (exact) mass is 308 g/mol. The molecule has 0 spiro atoms. The summed E-state index contributed by atoms with van der Waals surface area (Å²) in [4.78, 5) is 3.81.